The van der Waals surface area contributed by atoms with E-state index in [9.17, 15) is 4.79 Å². The van der Waals surface area contributed by atoms with Gasteiger partial charge in [-0.1, -0.05) is 72.1 Å². The molecule has 0 radical (unpaired) electrons. The van der Waals surface area contributed by atoms with Crippen molar-refractivity contribution >= 4 is 5.97 Å². The third-order valence-electron chi connectivity index (χ3n) is 4.98. The number of ether oxygens (including phenoxy) is 1. The molecule has 0 aliphatic carbocycles. The van der Waals surface area contributed by atoms with Crippen LogP contribution in [0, 0.1) is 11.3 Å². The molecule has 0 heterocycles. The van der Waals surface area contributed by atoms with Crippen LogP contribution in [0.25, 0.3) is 0 Å². The van der Waals surface area contributed by atoms with Crippen molar-refractivity contribution in [3.63, 3.8) is 0 Å². The highest BCUT2D eigenvalue weighted by Gasteiger charge is 2.28. The van der Waals surface area contributed by atoms with Crippen LogP contribution in [0.5, 0.6) is 0 Å². The molecule has 1 unspecified atom stereocenters. The maximum atomic E-state index is 12.1. The topological polar surface area (TPSA) is 52.3 Å². The average molecular weight is 342 g/mol. The first kappa shape index (κ1) is 23.4. The summed E-state index contributed by atoms with van der Waals surface area (Å²) in [4.78, 5) is 12.1. The minimum atomic E-state index is -0.337. The van der Waals surface area contributed by atoms with Gasteiger partial charge in [-0.2, -0.15) is 0 Å². The van der Waals surface area contributed by atoms with Crippen LogP contribution in [-0.4, -0.2) is 18.6 Å². The molecule has 0 saturated carbocycles. The molecule has 1 atom stereocenters. The highest BCUT2D eigenvalue weighted by atomic mass is 16.5. The third kappa shape index (κ3) is 11.9. The van der Waals surface area contributed by atoms with Gasteiger partial charge in [-0.25, -0.2) is 0 Å². The second-order valence-corrected chi connectivity index (χ2v) is 8.29. The van der Waals surface area contributed by atoms with Crippen LogP contribution in [0.15, 0.2) is 0 Å². The zero-order valence-electron chi connectivity index (χ0n) is 17.0. The Morgan fingerprint density at radius 2 is 1.54 bits per heavy atom. The molecule has 0 fully saturated rings. The van der Waals surface area contributed by atoms with Gasteiger partial charge in [0.25, 0.3) is 0 Å². The van der Waals surface area contributed by atoms with E-state index in [1.807, 2.05) is 13.8 Å². The highest BCUT2D eigenvalue weighted by molar-refractivity contribution is 5.75. The first-order valence-electron chi connectivity index (χ1n) is 10.2. The number of hydrogen-bond donors (Lipinski definition) is 1. The van der Waals surface area contributed by atoms with Gasteiger partial charge >= 0.3 is 5.97 Å². The van der Waals surface area contributed by atoms with E-state index in [1.165, 1.54) is 32.1 Å². The predicted molar refractivity (Wildman–Crippen MR) is 104 cm³/mol. The quantitative estimate of drug-likeness (QED) is 0.300. The van der Waals surface area contributed by atoms with Crippen molar-refractivity contribution in [1.82, 2.24) is 0 Å². The molecule has 0 aromatic heterocycles. The van der Waals surface area contributed by atoms with Crippen LogP contribution in [0.1, 0.15) is 105 Å². The van der Waals surface area contributed by atoms with Crippen LogP contribution < -0.4 is 5.73 Å². The summed E-state index contributed by atoms with van der Waals surface area (Å²) in [5.41, 5.74) is 5.73. The Hall–Kier alpha value is -0.570. The molecule has 0 aromatic rings. The number of rotatable bonds is 15. The van der Waals surface area contributed by atoms with Crippen molar-refractivity contribution in [3.05, 3.63) is 0 Å². The number of esters is 1. The van der Waals surface area contributed by atoms with Gasteiger partial charge in [-0.3, -0.25) is 4.79 Å². The molecule has 0 amide bonds. The van der Waals surface area contributed by atoms with Crippen LogP contribution in [0.3, 0.4) is 0 Å². The number of carbonyl (C=O) groups is 1. The Bertz CT molecular complexity index is 313. The van der Waals surface area contributed by atoms with Crippen LogP contribution >= 0.6 is 0 Å². The summed E-state index contributed by atoms with van der Waals surface area (Å²) in [5.74, 6) is 0.565. The lowest BCUT2D eigenvalue weighted by Crippen LogP contribution is -2.27. The molecule has 0 saturated heterocycles. The number of hydrogen-bond acceptors (Lipinski definition) is 3. The van der Waals surface area contributed by atoms with Gasteiger partial charge in [0.2, 0.25) is 0 Å². The van der Waals surface area contributed by atoms with E-state index >= 15 is 0 Å². The zero-order chi connectivity index (χ0) is 18.4. The van der Waals surface area contributed by atoms with Gasteiger partial charge < -0.3 is 10.5 Å². The van der Waals surface area contributed by atoms with Crippen molar-refractivity contribution < 1.29 is 9.53 Å². The fraction of sp³-hybridized carbons (Fsp3) is 0.952. The normalized spacial score (nSPS) is 13.3. The summed E-state index contributed by atoms with van der Waals surface area (Å²) < 4.78 is 5.41. The SMILES string of the molecule is CCCCCOC(=O)C(C)(C)CCCCCCCCC(N)C(C)C. The Morgan fingerprint density at radius 1 is 0.958 bits per heavy atom. The Kier molecular flexibility index (Phi) is 13.4. The lowest BCUT2D eigenvalue weighted by Gasteiger charge is -2.22. The van der Waals surface area contributed by atoms with Gasteiger partial charge in [-0.15, -0.1) is 0 Å². The van der Waals surface area contributed by atoms with E-state index in [0.717, 1.165) is 38.5 Å². The minimum absolute atomic E-state index is 0.0266. The predicted octanol–water partition coefficient (Wildman–Crippen LogP) is 5.85. The van der Waals surface area contributed by atoms with Gasteiger partial charge in [0.05, 0.1) is 12.0 Å². The van der Waals surface area contributed by atoms with Crippen molar-refractivity contribution in [2.24, 2.45) is 17.1 Å². The summed E-state index contributed by atoms with van der Waals surface area (Å²) in [5, 5.41) is 0. The Morgan fingerprint density at radius 3 is 2.12 bits per heavy atom. The van der Waals surface area contributed by atoms with Crippen molar-refractivity contribution in [3.8, 4) is 0 Å². The van der Waals surface area contributed by atoms with Crippen LogP contribution in [0.4, 0.5) is 0 Å². The van der Waals surface area contributed by atoms with E-state index < -0.39 is 0 Å². The zero-order valence-corrected chi connectivity index (χ0v) is 17.0. The van der Waals surface area contributed by atoms with E-state index in [4.69, 9.17) is 10.5 Å². The summed E-state index contributed by atoms with van der Waals surface area (Å²) in [6, 6.07) is 0.356. The maximum Gasteiger partial charge on any atom is 0.311 e. The van der Waals surface area contributed by atoms with E-state index in [2.05, 4.69) is 20.8 Å². The van der Waals surface area contributed by atoms with E-state index in [0.29, 0.717) is 18.6 Å². The van der Waals surface area contributed by atoms with E-state index in [1.54, 1.807) is 0 Å². The number of unbranched alkanes of at least 4 members (excludes halogenated alkanes) is 7. The average Bonchev–Trinajstić information content (AvgIpc) is 2.53. The van der Waals surface area contributed by atoms with Crippen LogP contribution in [0.2, 0.25) is 0 Å². The Labute approximate surface area is 151 Å². The van der Waals surface area contributed by atoms with Gasteiger partial charge in [0.1, 0.15) is 0 Å². The first-order chi connectivity index (χ1) is 11.3. The van der Waals surface area contributed by atoms with Crippen molar-refractivity contribution in [2.75, 3.05) is 6.61 Å². The summed E-state index contributed by atoms with van der Waals surface area (Å²) >= 11 is 0. The molecule has 2 N–H and O–H groups in total. The molecule has 0 rings (SSSR count). The van der Waals surface area contributed by atoms with Crippen molar-refractivity contribution in [2.45, 2.75) is 111 Å². The molecule has 0 spiro atoms. The molecule has 0 bridgehead atoms. The minimum Gasteiger partial charge on any atom is -0.465 e. The Balaban J connectivity index is 3.62. The molecular formula is C21H43NO2. The summed E-state index contributed by atoms with van der Waals surface area (Å²) in [7, 11) is 0. The molecule has 3 nitrogen and oxygen atoms in total. The van der Waals surface area contributed by atoms with Crippen molar-refractivity contribution in [1.29, 1.82) is 0 Å². The second-order valence-electron chi connectivity index (χ2n) is 8.29. The molecule has 24 heavy (non-hydrogen) atoms. The highest BCUT2D eigenvalue weighted by Crippen LogP contribution is 2.26. The van der Waals surface area contributed by atoms with E-state index in [-0.39, 0.29) is 11.4 Å². The molecule has 144 valence electrons. The molecule has 0 aliphatic rings. The summed E-state index contributed by atoms with van der Waals surface area (Å²) in [6.45, 7) is 11.2. The molecule has 0 aliphatic heterocycles. The molecule has 3 heteroatoms. The monoisotopic (exact) mass is 341 g/mol. The largest absolute Gasteiger partial charge is 0.465 e. The standard InChI is InChI=1S/C21H43NO2/c1-6-7-14-17-24-20(23)21(4,5)16-13-11-9-8-10-12-15-19(22)18(2)3/h18-19H,6-17,22H2,1-5H3. The number of carbonyl (C=O) groups excluding carboxylic acids is 1. The molecular weight excluding hydrogens is 298 g/mol. The lowest BCUT2D eigenvalue weighted by molar-refractivity contribution is -0.154. The number of nitrogens with two attached hydrogens (primary N) is 1. The fourth-order valence-corrected chi connectivity index (χ4v) is 2.80. The smallest absolute Gasteiger partial charge is 0.311 e. The van der Waals surface area contributed by atoms with Crippen LogP contribution in [-0.2, 0) is 9.53 Å². The molecule has 0 aromatic carbocycles. The summed E-state index contributed by atoms with van der Waals surface area (Å²) in [6.07, 6.45) is 12.8. The lowest BCUT2D eigenvalue weighted by atomic mass is 9.87. The van der Waals surface area contributed by atoms with Gasteiger partial charge in [-0.05, 0) is 39.0 Å². The maximum absolute atomic E-state index is 12.1. The third-order valence-corrected chi connectivity index (χ3v) is 4.98. The van der Waals surface area contributed by atoms with Gasteiger partial charge in [0, 0.05) is 6.04 Å². The second kappa shape index (κ2) is 13.7. The first-order valence-corrected chi connectivity index (χ1v) is 10.2. The fourth-order valence-electron chi connectivity index (χ4n) is 2.80. The van der Waals surface area contributed by atoms with Gasteiger partial charge in [0.15, 0.2) is 0 Å².